The first-order valence-corrected chi connectivity index (χ1v) is 6.00. The zero-order valence-electron chi connectivity index (χ0n) is 10.7. The number of nitriles is 1. The van der Waals surface area contributed by atoms with E-state index in [1.165, 1.54) is 11.1 Å². The molecule has 0 bridgehead atoms. The van der Waals surface area contributed by atoms with Gasteiger partial charge in [-0.25, -0.2) is 0 Å². The number of benzene rings is 2. The number of aryl methyl sites for hydroxylation is 2. The van der Waals surface area contributed by atoms with Crippen molar-refractivity contribution in [3.8, 4) is 6.07 Å². The van der Waals surface area contributed by atoms with Crippen molar-refractivity contribution < 1.29 is 0 Å². The molecular formula is C16H16N2. The highest BCUT2D eigenvalue weighted by atomic mass is 14.9. The first kappa shape index (κ1) is 12.2. The van der Waals surface area contributed by atoms with Crippen LogP contribution in [0.15, 0.2) is 42.5 Å². The zero-order valence-corrected chi connectivity index (χ0v) is 10.7. The van der Waals surface area contributed by atoms with Crippen LogP contribution in [-0.4, -0.2) is 0 Å². The normalized spacial score (nSPS) is 9.83. The number of hydrogen-bond acceptors (Lipinski definition) is 2. The number of rotatable bonds is 3. The summed E-state index contributed by atoms with van der Waals surface area (Å²) in [5.74, 6) is 0. The standard InChI is InChI=1S/C16H16N2/c1-12-7-8-14(10-17)16(9-12)18-11-15-6-4-3-5-13(15)2/h3-9,18H,11H2,1-2H3. The van der Waals surface area contributed by atoms with Crippen molar-refractivity contribution in [1.82, 2.24) is 0 Å². The molecule has 0 aliphatic carbocycles. The Morgan fingerprint density at radius 2 is 1.89 bits per heavy atom. The van der Waals surface area contributed by atoms with Gasteiger partial charge in [0.05, 0.1) is 11.3 Å². The zero-order chi connectivity index (χ0) is 13.0. The smallest absolute Gasteiger partial charge is 0.101 e. The molecule has 0 spiro atoms. The van der Waals surface area contributed by atoms with E-state index < -0.39 is 0 Å². The molecule has 0 saturated heterocycles. The molecule has 90 valence electrons. The molecule has 0 unspecified atom stereocenters. The van der Waals surface area contributed by atoms with Gasteiger partial charge in [0, 0.05) is 6.54 Å². The van der Waals surface area contributed by atoms with E-state index in [9.17, 15) is 0 Å². The second kappa shape index (κ2) is 5.37. The van der Waals surface area contributed by atoms with Gasteiger partial charge in [0.25, 0.3) is 0 Å². The predicted octanol–water partition coefficient (Wildman–Crippen LogP) is 3.79. The van der Waals surface area contributed by atoms with Gasteiger partial charge in [0.1, 0.15) is 6.07 Å². The largest absolute Gasteiger partial charge is 0.380 e. The maximum Gasteiger partial charge on any atom is 0.101 e. The van der Waals surface area contributed by atoms with Crippen molar-refractivity contribution in [3.63, 3.8) is 0 Å². The quantitative estimate of drug-likeness (QED) is 0.880. The fourth-order valence-electron chi connectivity index (χ4n) is 1.90. The number of nitrogens with one attached hydrogen (secondary N) is 1. The molecule has 0 fully saturated rings. The molecule has 2 rings (SSSR count). The predicted molar refractivity (Wildman–Crippen MR) is 74.4 cm³/mol. The molecule has 0 heterocycles. The second-order valence-corrected chi connectivity index (χ2v) is 4.44. The Morgan fingerprint density at radius 1 is 1.11 bits per heavy atom. The van der Waals surface area contributed by atoms with Gasteiger partial charge in [-0.05, 0) is 42.7 Å². The van der Waals surface area contributed by atoms with Crippen molar-refractivity contribution in [2.45, 2.75) is 20.4 Å². The van der Waals surface area contributed by atoms with Crippen molar-refractivity contribution >= 4 is 5.69 Å². The molecule has 2 aromatic rings. The molecule has 0 amide bonds. The van der Waals surface area contributed by atoms with E-state index in [2.05, 4.69) is 30.4 Å². The fourth-order valence-corrected chi connectivity index (χ4v) is 1.90. The summed E-state index contributed by atoms with van der Waals surface area (Å²) in [5, 5.41) is 12.4. The Labute approximate surface area is 108 Å². The molecule has 0 atom stereocenters. The van der Waals surface area contributed by atoms with Gasteiger partial charge in [0.2, 0.25) is 0 Å². The van der Waals surface area contributed by atoms with E-state index in [-0.39, 0.29) is 0 Å². The van der Waals surface area contributed by atoms with Crippen molar-refractivity contribution in [2.75, 3.05) is 5.32 Å². The maximum absolute atomic E-state index is 9.07. The van der Waals surface area contributed by atoms with Crippen molar-refractivity contribution in [2.24, 2.45) is 0 Å². The molecule has 18 heavy (non-hydrogen) atoms. The van der Waals surface area contributed by atoms with Gasteiger partial charge < -0.3 is 5.32 Å². The van der Waals surface area contributed by atoms with Crippen molar-refractivity contribution in [3.05, 3.63) is 64.7 Å². The minimum Gasteiger partial charge on any atom is -0.380 e. The summed E-state index contributed by atoms with van der Waals surface area (Å²) in [7, 11) is 0. The van der Waals surface area contributed by atoms with Gasteiger partial charge in [-0.15, -0.1) is 0 Å². The monoisotopic (exact) mass is 236 g/mol. The summed E-state index contributed by atoms with van der Waals surface area (Å²) in [4.78, 5) is 0. The van der Waals surface area contributed by atoms with E-state index in [0.717, 1.165) is 17.8 Å². The summed E-state index contributed by atoms with van der Waals surface area (Å²) in [6, 6.07) is 16.3. The molecule has 2 heteroatoms. The fraction of sp³-hybridized carbons (Fsp3) is 0.188. The molecule has 0 radical (unpaired) electrons. The SMILES string of the molecule is Cc1ccc(C#N)c(NCc2ccccc2C)c1. The van der Waals surface area contributed by atoms with Crippen LogP contribution < -0.4 is 5.32 Å². The first-order valence-electron chi connectivity index (χ1n) is 6.00. The summed E-state index contributed by atoms with van der Waals surface area (Å²) in [6.07, 6.45) is 0. The summed E-state index contributed by atoms with van der Waals surface area (Å²) < 4.78 is 0. The number of anilines is 1. The average molecular weight is 236 g/mol. The Hall–Kier alpha value is -2.27. The van der Waals surface area contributed by atoms with Crippen LogP contribution in [-0.2, 0) is 6.54 Å². The molecule has 0 aliphatic rings. The third-order valence-corrected chi connectivity index (χ3v) is 3.03. The summed E-state index contributed by atoms with van der Waals surface area (Å²) >= 11 is 0. The molecule has 0 saturated carbocycles. The lowest BCUT2D eigenvalue weighted by atomic mass is 10.1. The maximum atomic E-state index is 9.07. The lowest BCUT2D eigenvalue weighted by molar-refractivity contribution is 1.11. The minimum atomic E-state index is 0.689. The van der Waals surface area contributed by atoms with Crippen LogP contribution in [0.3, 0.4) is 0 Å². The molecule has 2 aromatic carbocycles. The lowest BCUT2D eigenvalue weighted by Gasteiger charge is -2.11. The van der Waals surface area contributed by atoms with Crippen LogP contribution in [0.25, 0.3) is 0 Å². The lowest BCUT2D eigenvalue weighted by Crippen LogP contribution is -2.03. The van der Waals surface area contributed by atoms with E-state index >= 15 is 0 Å². The number of hydrogen-bond donors (Lipinski definition) is 1. The van der Waals surface area contributed by atoms with E-state index in [0.29, 0.717) is 5.56 Å². The summed E-state index contributed by atoms with van der Waals surface area (Å²) in [6.45, 7) is 4.86. The van der Waals surface area contributed by atoms with Crippen LogP contribution in [0, 0.1) is 25.2 Å². The Bertz CT molecular complexity index is 594. The third kappa shape index (κ3) is 2.70. The van der Waals surface area contributed by atoms with Crippen LogP contribution in [0.2, 0.25) is 0 Å². The minimum absolute atomic E-state index is 0.689. The highest BCUT2D eigenvalue weighted by Gasteiger charge is 2.02. The average Bonchev–Trinajstić information content (AvgIpc) is 2.38. The van der Waals surface area contributed by atoms with Gasteiger partial charge in [0.15, 0.2) is 0 Å². The van der Waals surface area contributed by atoms with Crippen LogP contribution in [0.4, 0.5) is 5.69 Å². The van der Waals surface area contributed by atoms with Gasteiger partial charge in [-0.2, -0.15) is 5.26 Å². The highest BCUT2D eigenvalue weighted by molar-refractivity contribution is 5.59. The van der Waals surface area contributed by atoms with Crippen LogP contribution >= 0.6 is 0 Å². The summed E-state index contributed by atoms with van der Waals surface area (Å²) in [5.41, 5.74) is 5.26. The van der Waals surface area contributed by atoms with E-state index in [1.54, 1.807) is 0 Å². The van der Waals surface area contributed by atoms with Gasteiger partial charge >= 0.3 is 0 Å². The molecular weight excluding hydrogens is 220 g/mol. The number of nitrogens with zero attached hydrogens (tertiary/aromatic N) is 1. The van der Waals surface area contributed by atoms with Gasteiger partial charge in [-0.1, -0.05) is 30.3 Å². The molecule has 0 aromatic heterocycles. The second-order valence-electron chi connectivity index (χ2n) is 4.44. The van der Waals surface area contributed by atoms with Crippen LogP contribution in [0.1, 0.15) is 22.3 Å². The topological polar surface area (TPSA) is 35.8 Å². The van der Waals surface area contributed by atoms with Crippen LogP contribution in [0.5, 0.6) is 0 Å². The highest BCUT2D eigenvalue weighted by Crippen LogP contribution is 2.18. The van der Waals surface area contributed by atoms with E-state index in [4.69, 9.17) is 5.26 Å². The van der Waals surface area contributed by atoms with Gasteiger partial charge in [-0.3, -0.25) is 0 Å². The Kier molecular flexibility index (Phi) is 3.64. The Morgan fingerprint density at radius 3 is 2.61 bits per heavy atom. The molecule has 2 nitrogen and oxygen atoms in total. The first-order chi connectivity index (χ1) is 8.70. The molecule has 0 aliphatic heterocycles. The Balaban J connectivity index is 2.18. The third-order valence-electron chi connectivity index (χ3n) is 3.03. The van der Waals surface area contributed by atoms with Crippen molar-refractivity contribution in [1.29, 1.82) is 5.26 Å². The molecule has 1 N–H and O–H groups in total. The van der Waals surface area contributed by atoms with E-state index in [1.807, 2.05) is 37.3 Å².